The molecule has 1 aliphatic carbocycles. The number of nitrogens with two attached hydrogens (primary N) is 1. The van der Waals surface area contributed by atoms with Gasteiger partial charge in [-0.3, -0.25) is 9.59 Å². The first-order valence-corrected chi connectivity index (χ1v) is 7.17. The van der Waals surface area contributed by atoms with Crippen molar-refractivity contribution in [1.29, 1.82) is 0 Å². The second-order valence-electron chi connectivity index (χ2n) is 5.44. The van der Waals surface area contributed by atoms with E-state index in [9.17, 15) is 14.7 Å². The smallest absolute Gasteiger partial charge is 0.224 e. The van der Waals surface area contributed by atoms with Gasteiger partial charge in [0.1, 0.15) is 5.75 Å². The van der Waals surface area contributed by atoms with Crippen molar-refractivity contribution in [3.63, 3.8) is 0 Å². The highest BCUT2D eigenvalue weighted by atomic mass is 16.3. The molecule has 1 saturated carbocycles. The van der Waals surface area contributed by atoms with Gasteiger partial charge in [0.05, 0.1) is 0 Å². The predicted octanol–water partition coefficient (Wildman–Crippen LogP) is 1.11. The summed E-state index contributed by atoms with van der Waals surface area (Å²) in [5, 5.41) is 14.8. The Morgan fingerprint density at radius 1 is 1.24 bits per heavy atom. The number of benzene rings is 1. The highest BCUT2D eigenvalue weighted by Gasteiger charge is 2.23. The van der Waals surface area contributed by atoms with E-state index in [2.05, 4.69) is 10.6 Å². The van der Waals surface area contributed by atoms with E-state index in [-0.39, 0.29) is 42.5 Å². The van der Waals surface area contributed by atoms with Crippen LogP contribution in [0, 0.1) is 0 Å². The van der Waals surface area contributed by atoms with Gasteiger partial charge in [0.25, 0.3) is 0 Å². The molecule has 0 aliphatic heterocycles. The molecule has 0 aromatic heterocycles. The van der Waals surface area contributed by atoms with Crippen molar-refractivity contribution in [1.82, 2.24) is 5.32 Å². The third-order valence-corrected chi connectivity index (χ3v) is 3.55. The van der Waals surface area contributed by atoms with Crippen molar-refractivity contribution in [2.45, 2.75) is 44.2 Å². The number of aromatic hydroxyl groups is 1. The maximum atomic E-state index is 11.7. The number of rotatable bonds is 5. The van der Waals surface area contributed by atoms with Gasteiger partial charge in [-0.2, -0.15) is 0 Å². The first-order valence-electron chi connectivity index (χ1n) is 7.17. The van der Waals surface area contributed by atoms with E-state index in [0.717, 1.165) is 19.3 Å². The van der Waals surface area contributed by atoms with Crippen LogP contribution in [0.1, 0.15) is 32.1 Å². The van der Waals surface area contributed by atoms with Crippen LogP contribution in [0.4, 0.5) is 5.69 Å². The number of hydrogen-bond donors (Lipinski definition) is 4. The molecule has 0 bridgehead atoms. The van der Waals surface area contributed by atoms with Crippen molar-refractivity contribution in [2.24, 2.45) is 5.73 Å². The van der Waals surface area contributed by atoms with Gasteiger partial charge in [-0.05, 0) is 31.4 Å². The number of amides is 2. The molecule has 0 radical (unpaired) electrons. The fourth-order valence-corrected chi connectivity index (χ4v) is 2.48. The molecule has 114 valence electrons. The van der Waals surface area contributed by atoms with Crippen LogP contribution in [-0.4, -0.2) is 29.0 Å². The van der Waals surface area contributed by atoms with Crippen LogP contribution >= 0.6 is 0 Å². The lowest BCUT2D eigenvalue weighted by Gasteiger charge is -2.12. The molecule has 2 amide bonds. The second kappa shape index (κ2) is 7.08. The van der Waals surface area contributed by atoms with Crippen LogP contribution in [-0.2, 0) is 9.59 Å². The minimum Gasteiger partial charge on any atom is -0.508 e. The lowest BCUT2D eigenvalue weighted by atomic mass is 10.2. The molecule has 5 N–H and O–H groups in total. The van der Waals surface area contributed by atoms with Crippen LogP contribution in [0.15, 0.2) is 24.3 Å². The van der Waals surface area contributed by atoms with E-state index in [1.807, 2.05) is 0 Å². The molecule has 0 spiro atoms. The Labute approximate surface area is 123 Å². The van der Waals surface area contributed by atoms with Gasteiger partial charge in [0.2, 0.25) is 11.8 Å². The van der Waals surface area contributed by atoms with Crippen LogP contribution in [0.5, 0.6) is 5.75 Å². The van der Waals surface area contributed by atoms with Gasteiger partial charge in [0.15, 0.2) is 0 Å². The van der Waals surface area contributed by atoms with Crippen LogP contribution in [0.3, 0.4) is 0 Å². The zero-order valence-electron chi connectivity index (χ0n) is 11.8. The molecule has 0 unspecified atom stereocenters. The summed E-state index contributed by atoms with van der Waals surface area (Å²) in [6.07, 6.45) is 2.91. The largest absolute Gasteiger partial charge is 0.508 e. The molecule has 2 atom stereocenters. The highest BCUT2D eigenvalue weighted by molar-refractivity contribution is 5.93. The average molecular weight is 291 g/mol. The van der Waals surface area contributed by atoms with E-state index in [1.165, 1.54) is 12.1 Å². The Hall–Kier alpha value is -2.08. The average Bonchev–Trinajstić information content (AvgIpc) is 2.82. The van der Waals surface area contributed by atoms with E-state index >= 15 is 0 Å². The number of carbonyl (C=O) groups is 2. The fourth-order valence-electron chi connectivity index (χ4n) is 2.48. The second-order valence-corrected chi connectivity index (χ2v) is 5.44. The lowest BCUT2D eigenvalue weighted by Crippen LogP contribution is -2.34. The van der Waals surface area contributed by atoms with Gasteiger partial charge in [0, 0.05) is 36.7 Å². The molecule has 6 heteroatoms. The van der Waals surface area contributed by atoms with Crippen LogP contribution in [0.2, 0.25) is 0 Å². The topological polar surface area (TPSA) is 104 Å². The summed E-state index contributed by atoms with van der Waals surface area (Å²) in [5.74, 6) is -0.290. The Bertz CT molecular complexity index is 519. The Morgan fingerprint density at radius 2 is 2.00 bits per heavy atom. The Balaban J connectivity index is 1.70. The Kier molecular flexibility index (Phi) is 5.16. The quantitative estimate of drug-likeness (QED) is 0.652. The maximum Gasteiger partial charge on any atom is 0.224 e. The van der Waals surface area contributed by atoms with E-state index < -0.39 is 0 Å². The summed E-state index contributed by atoms with van der Waals surface area (Å²) in [6.45, 7) is 0. The van der Waals surface area contributed by atoms with Crippen molar-refractivity contribution in [2.75, 3.05) is 5.32 Å². The molecule has 0 saturated heterocycles. The number of anilines is 1. The first-order chi connectivity index (χ1) is 10.0. The third kappa shape index (κ3) is 5.07. The monoisotopic (exact) mass is 291 g/mol. The minimum atomic E-state index is -0.251. The molecule has 2 rings (SSSR count). The van der Waals surface area contributed by atoms with Crippen molar-refractivity contribution in [3.8, 4) is 5.75 Å². The summed E-state index contributed by atoms with van der Waals surface area (Å²) in [5.41, 5.74) is 6.30. The van der Waals surface area contributed by atoms with Gasteiger partial charge in [-0.15, -0.1) is 0 Å². The van der Waals surface area contributed by atoms with E-state index in [0.29, 0.717) is 5.69 Å². The summed E-state index contributed by atoms with van der Waals surface area (Å²) >= 11 is 0. The molecular weight excluding hydrogens is 270 g/mol. The van der Waals surface area contributed by atoms with Crippen LogP contribution in [0.25, 0.3) is 0 Å². The van der Waals surface area contributed by atoms with E-state index in [1.54, 1.807) is 12.1 Å². The third-order valence-electron chi connectivity index (χ3n) is 3.55. The van der Waals surface area contributed by atoms with Crippen molar-refractivity contribution >= 4 is 17.5 Å². The number of phenolic OH excluding ortho intramolecular Hbond substituents is 1. The van der Waals surface area contributed by atoms with Crippen LogP contribution < -0.4 is 16.4 Å². The normalized spacial score (nSPS) is 21.0. The first kappa shape index (κ1) is 15.3. The summed E-state index contributed by atoms with van der Waals surface area (Å²) in [7, 11) is 0. The van der Waals surface area contributed by atoms with E-state index in [4.69, 9.17) is 5.73 Å². The molecule has 1 aromatic carbocycles. The molecule has 21 heavy (non-hydrogen) atoms. The molecular formula is C15H21N3O3. The molecule has 1 fully saturated rings. The summed E-state index contributed by atoms with van der Waals surface area (Å²) < 4.78 is 0. The minimum absolute atomic E-state index is 0.0862. The molecule has 0 heterocycles. The number of hydrogen-bond acceptors (Lipinski definition) is 4. The van der Waals surface area contributed by atoms with Gasteiger partial charge in [-0.25, -0.2) is 0 Å². The van der Waals surface area contributed by atoms with Crippen molar-refractivity contribution < 1.29 is 14.7 Å². The number of phenols is 1. The SMILES string of the molecule is N[C@@H]1CC[C@@H](NC(=O)CCC(=O)Nc2cccc(O)c2)C1. The van der Waals surface area contributed by atoms with Gasteiger partial charge >= 0.3 is 0 Å². The standard InChI is InChI=1S/C15H21N3O3/c16-10-4-5-12(8-10)18-15(21)7-6-14(20)17-11-2-1-3-13(19)9-11/h1-3,9-10,12,19H,4-8,16H2,(H,17,20)(H,18,21)/t10-,12-/m1/s1. The summed E-state index contributed by atoms with van der Waals surface area (Å²) in [4.78, 5) is 23.5. The Morgan fingerprint density at radius 3 is 2.67 bits per heavy atom. The fraction of sp³-hybridized carbons (Fsp3) is 0.467. The highest BCUT2D eigenvalue weighted by Crippen LogP contribution is 2.17. The predicted molar refractivity (Wildman–Crippen MR) is 79.7 cm³/mol. The number of carbonyl (C=O) groups excluding carboxylic acids is 2. The van der Waals surface area contributed by atoms with Crippen molar-refractivity contribution in [3.05, 3.63) is 24.3 Å². The molecule has 1 aromatic rings. The number of nitrogens with one attached hydrogen (secondary N) is 2. The molecule has 6 nitrogen and oxygen atoms in total. The molecule has 1 aliphatic rings. The van der Waals surface area contributed by atoms with Gasteiger partial charge < -0.3 is 21.5 Å². The lowest BCUT2D eigenvalue weighted by molar-refractivity contribution is -0.124. The maximum absolute atomic E-state index is 11.7. The summed E-state index contributed by atoms with van der Waals surface area (Å²) in [6, 6.07) is 6.61. The zero-order chi connectivity index (χ0) is 15.2. The van der Waals surface area contributed by atoms with Gasteiger partial charge in [-0.1, -0.05) is 6.07 Å². The zero-order valence-corrected chi connectivity index (χ0v) is 11.8.